The van der Waals surface area contributed by atoms with Crippen LogP contribution in [0.5, 0.6) is 0 Å². The predicted molar refractivity (Wildman–Crippen MR) is 92.6 cm³/mol. The molecule has 2 heterocycles. The quantitative estimate of drug-likeness (QED) is 0.921. The summed E-state index contributed by atoms with van der Waals surface area (Å²) in [4.78, 5) is 14.8. The number of likely N-dealkylation sites (N-methyl/N-ethyl adjacent to an activating group) is 1. The SMILES string of the molecule is CCN1CCCCC1CNC(=O)Cc1coc2cc(C)ccc12. The Balaban J connectivity index is 1.58. The van der Waals surface area contributed by atoms with Crippen molar-refractivity contribution >= 4 is 16.9 Å². The van der Waals surface area contributed by atoms with E-state index in [-0.39, 0.29) is 5.91 Å². The molecule has 1 fully saturated rings. The minimum Gasteiger partial charge on any atom is -0.464 e. The molecule has 2 aromatic rings. The largest absolute Gasteiger partial charge is 0.464 e. The van der Waals surface area contributed by atoms with E-state index in [0.29, 0.717) is 12.5 Å². The number of hydrogen-bond donors (Lipinski definition) is 1. The molecule has 1 saturated heterocycles. The zero-order chi connectivity index (χ0) is 16.2. The van der Waals surface area contributed by atoms with Crippen LogP contribution in [0.4, 0.5) is 0 Å². The Bertz CT molecular complexity index is 677. The van der Waals surface area contributed by atoms with Gasteiger partial charge in [0.1, 0.15) is 5.58 Å². The molecule has 1 aliphatic heterocycles. The molecule has 0 spiro atoms. The second-order valence-corrected chi connectivity index (χ2v) is 6.52. The molecule has 0 aliphatic carbocycles. The molecule has 1 aliphatic rings. The minimum absolute atomic E-state index is 0.0786. The normalized spacial score (nSPS) is 19.1. The molecule has 1 amide bonds. The molecule has 1 unspecified atom stereocenters. The van der Waals surface area contributed by atoms with Crippen molar-refractivity contribution in [2.75, 3.05) is 19.6 Å². The number of carbonyl (C=O) groups excluding carboxylic acids is 1. The van der Waals surface area contributed by atoms with E-state index in [9.17, 15) is 4.79 Å². The molecule has 1 atom stereocenters. The smallest absolute Gasteiger partial charge is 0.224 e. The minimum atomic E-state index is 0.0786. The van der Waals surface area contributed by atoms with Gasteiger partial charge in [-0.3, -0.25) is 9.69 Å². The average Bonchev–Trinajstić information content (AvgIpc) is 2.95. The van der Waals surface area contributed by atoms with Gasteiger partial charge in [-0.05, 0) is 44.5 Å². The van der Waals surface area contributed by atoms with Crippen LogP contribution in [0.25, 0.3) is 11.0 Å². The van der Waals surface area contributed by atoms with Crippen molar-refractivity contribution in [2.45, 2.75) is 45.6 Å². The van der Waals surface area contributed by atoms with Crippen molar-refractivity contribution in [1.82, 2.24) is 10.2 Å². The highest BCUT2D eigenvalue weighted by Crippen LogP contribution is 2.22. The first-order valence-corrected chi connectivity index (χ1v) is 8.65. The van der Waals surface area contributed by atoms with Crippen molar-refractivity contribution in [3.63, 3.8) is 0 Å². The Kier molecular flexibility index (Phi) is 5.01. The van der Waals surface area contributed by atoms with Crippen molar-refractivity contribution in [3.8, 4) is 0 Å². The van der Waals surface area contributed by atoms with Crippen LogP contribution in [-0.2, 0) is 11.2 Å². The molecule has 1 aromatic carbocycles. The van der Waals surface area contributed by atoms with Crippen LogP contribution in [0.3, 0.4) is 0 Å². The molecule has 0 radical (unpaired) electrons. The lowest BCUT2D eigenvalue weighted by atomic mass is 10.0. The summed E-state index contributed by atoms with van der Waals surface area (Å²) >= 11 is 0. The lowest BCUT2D eigenvalue weighted by Crippen LogP contribution is -2.46. The van der Waals surface area contributed by atoms with Gasteiger partial charge in [0.25, 0.3) is 0 Å². The maximum Gasteiger partial charge on any atom is 0.224 e. The summed E-state index contributed by atoms with van der Waals surface area (Å²) in [5, 5.41) is 4.15. The van der Waals surface area contributed by atoms with E-state index >= 15 is 0 Å². The number of nitrogens with one attached hydrogen (secondary N) is 1. The zero-order valence-corrected chi connectivity index (χ0v) is 14.1. The summed E-state index contributed by atoms with van der Waals surface area (Å²) in [6.07, 6.45) is 5.82. The number of piperidine rings is 1. The van der Waals surface area contributed by atoms with E-state index in [1.807, 2.05) is 19.1 Å². The molecule has 4 nitrogen and oxygen atoms in total. The van der Waals surface area contributed by atoms with Gasteiger partial charge in [0.15, 0.2) is 0 Å². The molecular formula is C19H26N2O2. The second kappa shape index (κ2) is 7.18. The number of hydrogen-bond acceptors (Lipinski definition) is 3. The number of benzene rings is 1. The summed E-state index contributed by atoms with van der Waals surface area (Å²) in [5.41, 5.74) is 2.99. The molecule has 1 N–H and O–H groups in total. The highest BCUT2D eigenvalue weighted by Gasteiger charge is 2.21. The van der Waals surface area contributed by atoms with Gasteiger partial charge >= 0.3 is 0 Å². The molecule has 0 saturated carbocycles. The van der Waals surface area contributed by atoms with E-state index in [2.05, 4.69) is 23.2 Å². The van der Waals surface area contributed by atoms with E-state index < -0.39 is 0 Å². The van der Waals surface area contributed by atoms with Gasteiger partial charge in [0, 0.05) is 23.5 Å². The first-order chi connectivity index (χ1) is 11.2. The fourth-order valence-corrected chi connectivity index (χ4v) is 3.50. The summed E-state index contributed by atoms with van der Waals surface area (Å²) in [6.45, 7) is 7.20. The fraction of sp³-hybridized carbons (Fsp3) is 0.526. The number of amides is 1. The molecule has 4 heteroatoms. The summed E-state index contributed by atoms with van der Waals surface area (Å²) < 4.78 is 5.57. The first-order valence-electron chi connectivity index (χ1n) is 8.65. The van der Waals surface area contributed by atoms with Gasteiger partial charge in [-0.15, -0.1) is 0 Å². The molecule has 0 bridgehead atoms. The van der Waals surface area contributed by atoms with Crippen LogP contribution >= 0.6 is 0 Å². The zero-order valence-electron chi connectivity index (χ0n) is 14.1. The Morgan fingerprint density at radius 2 is 2.26 bits per heavy atom. The molecule has 3 rings (SSSR count). The van der Waals surface area contributed by atoms with Gasteiger partial charge in [0.05, 0.1) is 12.7 Å². The monoisotopic (exact) mass is 314 g/mol. The van der Waals surface area contributed by atoms with Gasteiger partial charge in [-0.1, -0.05) is 25.5 Å². The summed E-state index contributed by atoms with van der Waals surface area (Å²) in [5.74, 6) is 0.0786. The fourth-order valence-electron chi connectivity index (χ4n) is 3.50. The van der Waals surface area contributed by atoms with E-state index in [0.717, 1.165) is 36.2 Å². The van der Waals surface area contributed by atoms with Crippen molar-refractivity contribution in [1.29, 1.82) is 0 Å². The van der Waals surface area contributed by atoms with Gasteiger partial charge < -0.3 is 9.73 Å². The lowest BCUT2D eigenvalue weighted by Gasteiger charge is -2.34. The number of fused-ring (bicyclic) bond motifs is 1. The van der Waals surface area contributed by atoms with Gasteiger partial charge in [-0.25, -0.2) is 0 Å². The number of rotatable bonds is 5. The molecule has 1 aromatic heterocycles. The van der Waals surface area contributed by atoms with Crippen molar-refractivity contribution in [3.05, 3.63) is 35.6 Å². The third-order valence-corrected chi connectivity index (χ3v) is 4.85. The number of furan rings is 1. The Labute approximate surface area is 137 Å². The third-order valence-electron chi connectivity index (χ3n) is 4.85. The second-order valence-electron chi connectivity index (χ2n) is 6.52. The topological polar surface area (TPSA) is 45.5 Å². The maximum atomic E-state index is 12.3. The van der Waals surface area contributed by atoms with E-state index in [1.165, 1.54) is 24.8 Å². The van der Waals surface area contributed by atoms with Crippen LogP contribution in [0, 0.1) is 6.92 Å². The van der Waals surface area contributed by atoms with Crippen LogP contribution in [0.15, 0.2) is 28.9 Å². The van der Waals surface area contributed by atoms with E-state index in [4.69, 9.17) is 4.42 Å². The van der Waals surface area contributed by atoms with Crippen molar-refractivity contribution < 1.29 is 9.21 Å². The summed E-state index contributed by atoms with van der Waals surface area (Å²) in [6, 6.07) is 6.59. The Hall–Kier alpha value is -1.81. The number of likely N-dealkylation sites (tertiary alicyclic amines) is 1. The van der Waals surface area contributed by atoms with E-state index in [1.54, 1.807) is 6.26 Å². The Morgan fingerprint density at radius 3 is 3.09 bits per heavy atom. The number of carbonyl (C=O) groups is 1. The van der Waals surface area contributed by atoms with Gasteiger partial charge in [0.2, 0.25) is 5.91 Å². The molecular weight excluding hydrogens is 288 g/mol. The lowest BCUT2D eigenvalue weighted by molar-refractivity contribution is -0.120. The molecule has 23 heavy (non-hydrogen) atoms. The summed E-state index contributed by atoms with van der Waals surface area (Å²) in [7, 11) is 0. The Morgan fingerprint density at radius 1 is 1.39 bits per heavy atom. The predicted octanol–water partition coefficient (Wildman–Crippen LogP) is 3.27. The van der Waals surface area contributed by atoms with Crippen LogP contribution in [-0.4, -0.2) is 36.5 Å². The standard InChI is InChI=1S/C19H26N2O2/c1-3-21-9-5-4-6-16(21)12-20-19(22)11-15-13-23-18-10-14(2)7-8-17(15)18/h7-8,10,13,16H,3-6,9,11-12H2,1-2H3,(H,20,22). The number of aryl methyl sites for hydroxylation is 1. The average molecular weight is 314 g/mol. The highest BCUT2D eigenvalue weighted by molar-refractivity contribution is 5.87. The van der Waals surface area contributed by atoms with Crippen LogP contribution in [0.2, 0.25) is 0 Å². The maximum absolute atomic E-state index is 12.3. The van der Waals surface area contributed by atoms with Gasteiger partial charge in [-0.2, -0.15) is 0 Å². The van der Waals surface area contributed by atoms with Crippen LogP contribution < -0.4 is 5.32 Å². The third kappa shape index (κ3) is 3.75. The van der Waals surface area contributed by atoms with Crippen LogP contribution in [0.1, 0.15) is 37.3 Å². The number of nitrogens with zero attached hydrogens (tertiary/aromatic N) is 1. The highest BCUT2D eigenvalue weighted by atomic mass is 16.3. The molecule has 124 valence electrons. The first kappa shape index (κ1) is 16.1. The van der Waals surface area contributed by atoms with Crippen molar-refractivity contribution in [2.24, 2.45) is 0 Å².